The number of nitrogens with zero attached hydrogens (tertiary/aromatic N) is 2. The molecule has 0 bridgehead atoms. The number of anilines is 1. The van der Waals surface area contributed by atoms with Crippen LogP contribution in [0.2, 0.25) is 0 Å². The van der Waals surface area contributed by atoms with Gasteiger partial charge in [0.2, 0.25) is 0 Å². The maximum Gasteiger partial charge on any atom is 0.318 e. The summed E-state index contributed by atoms with van der Waals surface area (Å²) in [5.41, 5.74) is 5.09. The molecule has 2 aromatic carbocycles. The van der Waals surface area contributed by atoms with Crippen LogP contribution in [0.15, 0.2) is 70.6 Å². The largest absolute Gasteiger partial charge is 0.384 e. The van der Waals surface area contributed by atoms with E-state index >= 15 is 0 Å². The molecule has 2 amide bonds. The van der Waals surface area contributed by atoms with E-state index in [0.717, 1.165) is 16.7 Å². The second kappa shape index (κ2) is 10.7. The third-order valence-electron chi connectivity index (χ3n) is 5.46. The molecule has 1 aliphatic rings. The molecule has 0 fully saturated rings. The van der Waals surface area contributed by atoms with E-state index in [1.165, 1.54) is 33.5 Å². The molecule has 186 valence electrons. The average molecular weight is 519 g/mol. The summed E-state index contributed by atoms with van der Waals surface area (Å²) in [4.78, 5) is 18.9. The van der Waals surface area contributed by atoms with Gasteiger partial charge in [0.25, 0.3) is 5.66 Å². The highest BCUT2D eigenvalue weighted by Gasteiger charge is 2.26. The summed E-state index contributed by atoms with van der Waals surface area (Å²) < 4.78 is 40.6. The first-order valence-electron chi connectivity index (χ1n) is 11.0. The van der Waals surface area contributed by atoms with Gasteiger partial charge in [-0.25, -0.2) is 9.78 Å². The van der Waals surface area contributed by atoms with E-state index in [2.05, 4.69) is 16.2 Å². The summed E-state index contributed by atoms with van der Waals surface area (Å²) in [7, 11) is -1.49. The van der Waals surface area contributed by atoms with Gasteiger partial charge in [-0.3, -0.25) is 4.21 Å². The molecule has 2 heterocycles. The van der Waals surface area contributed by atoms with Gasteiger partial charge >= 0.3 is 6.03 Å². The van der Waals surface area contributed by atoms with Crippen molar-refractivity contribution in [3.63, 3.8) is 0 Å². The van der Waals surface area contributed by atoms with E-state index in [4.69, 9.17) is 5.73 Å². The van der Waals surface area contributed by atoms with Gasteiger partial charge in [0.1, 0.15) is 5.82 Å². The van der Waals surface area contributed by atoms with Gasteiger partial charge in [-0.05, 0) is 52.9 Å². The Morgan fingerprint density at radius 1 is 1.14 bits per heavy atom. The first kappa shape index (κ1) is 26.6. The van der Waals surface area contributed by atoms with E-state index in [1.54, 1.807) is 41.4 Å². The number of hydrogen-bond donors (Lipinski definition) is 2. The number of halogens is 2. The molecule has 10 heteroatoms. The number of fused-ring (bicyclic) bond motifs is 1. The zero-order valence-electron chi connectivity index (χ0n) is 19.6. The minimum atomic E-state index is -3.12. The fraction of sp³-hybridized carbons (Fsp3) is 0.240. The number of nitrogen functional groups attached to an aromatic ring is 1. The van der Waals surface area contributed by atoms with Gasteiger partial charge in [-0.2, -0.15) is 8.78 Å². The van der Waals surface area contributed by atoms with E-state index in [-0.39, 0.29) is 23.0 Å². The lowest BCUT2D eigenvalue weighted by Crippen LogP contribution is -2.35. The fourth-order valence-corrected chi connectivity index (χ4v) is 5.25. The van der Waals surface area contributed by atoms with Crippen LogP contribution in [0.3, 0.4) is 0 Å². The number of benzene rings is 2. The molecule has 4 rings (SSSR count). The maximum atomic E-state index is 13.6. The number of carbonyl (C=O) groups is 1. The zero-order chi connectivity index (χ0) is 25.8. The van der Waals surface area contributed by atoms with Crippen LogP contribution in [0, 0.1) is 0 Å². The van der Waals surface area contributed by atoms with Gasteiger partial charge in [0.15, 0.2) is 0 Å². The molecule has 0 saturated heterocycles. The number of amides is 2. The van der Waals surface area contributed by atoms with Crippen LogP contribution < -0.4 is 11.1 Å². The zero-order valence-corrected chi connectivity index (χ0v) is 21.6. The van der Waals surface area contributed by atoms with Gasteiger partial charge in [0.05, 0.1) is 0 Å². The SMILES string of the molecule is C=S(=O)(c1ccc(CNC(=O)N2Cc3cnc(N)cc3C2)cc1)c1cccc(C(F)(F)P)c1.CC. The van der Waals surface area contributed by atoms with Gasteiger partial charge < -0.3 is 16.0 Å². The molecule has 3 N–H and O–H groups in total. The molecule has 1 aromatic heterocycles. The van der Waals surface area contributed by atoms with Crippen molar-refractivity contribution in [3.05, 3.63) is 83.0 Å². The molecule has 1 aliphatic heterocycles. The minimum Gasteiger partial charge on any atom is -0.384 e. The molecule has 35 heavy (non-hydrogen) atoms. The Labute approximate surface area is 207 Å². The van der Waals surface area contributed by atoms with Crippen molar-refractivity contribution in [2.75, 3.05) is 5.73 Å². The molecule has 6 nitrogen and oxygen atoms in total. The summed E-state index contributed by atoms with van der Waals surface area (Å²) in [6, 6.07) is 13.8. The lowest BCUT2D eigenvalue weighted by atomic mass is 10.2. The summed E-state index contributed by atoms with van der Waals surface area (Å²) >= 11 is 0. The van der Waals surface area contributed by atoms with Crippen molar-refractivity contribution in [3.8, 4) is 0 Å². The number of nitrogens with two attached hydrogens (primary N) is 1. The summed E-state index contributed by atoms with van der Waals surface area (Å²) in [5, 5.41) is 2.87. The van der Waals surface area contributed by atoms with Crippen molar-refractivity contribution in [2.45, 2.75) is 48.9 Å². The lowest BCUT2D eigenvalue weighted by Gasteiger charge is -2.17. The number of carbonyl (C=O) groups excluding carboxylic acids is 1. The first-order chi connectivity index (χ1) is 16.5. The highest BCUT2D eigenvalue weighted by molar-refractivity contribution is 8.00. The Morgan fingerprint density at radius 2 is 1.80 bits per heavy atom. The summed E-state index contributed by atoms with van der Waals surface area (Å²) in [6.45, 7) is 5.20. The molecule has 0 aliphatic carbocycles. The Morgan fingerprint density at radius 3 is 2.46 bits per heavy atom. The normalized spacial score (nSPS) is 14.4. The Balaban J connectivity index is 0.00000167. The van der Waals surface area contributed by atoms with E-state index in [9.17, 15) is 17.8 Å². The van der Waals surface area contributed by atoms with Crippen LogP contribution >= 0.6 is 9.24 Å². The predicted octanol–water partition coefficient (Wildman–Crippen LogP) is 4.97. The third kappa shape index (κ3) is 6.16. The molecule has 3 aromatic rings. The average Bonchev–Trinajstić information content (AvgIpc) is 3.27. The van der Waals surface area contributed by atoms with E-state index in [0.29, 0.717) is 23.8 Å². The van der Waals surface area contributed by atoms with Crippen LogP contribution in [0.4, 0.5) is 19.4 Å². The first-order valence-corrected chi connectivity index (χ1v) is 13.3. The minimum absolute atomic E-state index is 0.218. The Bertz CT molecular complexity index is 1310. The second-order valence-electron chi connectivity index (χ2n) is 7.86. The number of hydrogen-bond acceptors (Lipinski definition) is 4. The van der Waals surface area contributed by atoms with Crippen molar-refractivity contribution >= 4 is 36.5 Å². The number of nitrogens with one attached hydrogen (secondary N) is 1. The Kier molecular flexibility index (Phi) is 8.13. The number of urea groups is 1. The van der Waals surface area contributed by atoms with Crippen LogP contribution in [0.1, 0.15) is 36.1 Å². The molecule has 0 saturated carbocycles. The predicted molar refractivity (Wildman–Crippen MR) is 140 cm³/mol. The van der Waals surface area contributed by atoms with Gasteiger partial charge in [-0.1, -0.05) is 47.4 Å². The van der Waals surface area contributed by atoms with E-state index in [1.807, 2.05) is 13.8 Å². The van der Waals surface area contributed by atoms with Crippen molar-refractivity contribution < 1.29 is 17.8 Å². The summed E-state index contributed by atoms with van der Waals surface area (Å²) in [5.74, 6) is 4.22. The topological polar surface area (TPSA) is 88.3 Å². The standard InChI is InChI=1S/C23H23F2N4O2PS.C2H6/c1-33(31,20-4-2-3-18(10-20)23(24,25)32)19-7-5-15(6-8-19)11-28-22(30)29-13-16-9-21(26)27-12-17(16)14-29;1-2/h2-10,12H,1,11,13-14,32H2,(H2,26,27)(H,28,30);1-2H3. The maximum absolute atomic E-state index is 13.6. The monoisotopic (exact) mass is 518 g/mol. The van der Waals surface area contributed by atoms with Crippen LogP contribution in [0.25, 0.3) is 0 Å². The fourth-order valence-electron chi connectivity index (χ4n) is 3.61. The third-order valence-corrected chi connectivity index (χ3v) is 7.84. The quantitative estimate of drug-likeness (QED) is 0.369. The molecular formula is C25H29F2N4O2PS. The lowest BCUT2D eigenvalue weighted by molar-refractivity contribution is 0.104. The molecule has 2 unspecified atom stereocenters. The highest BCUT2D eigenvalue weighted by atomic mass is 32.2. The number of rotatable bonds is 5. The number of alkyl halides is 2. The van der Waals surface area contributed by atoms with Crippen LogP contribution in [0.5, 0.6) is 0 Å². The number of pyridine rings is 1. The molecular weight excluding hydrogens is 489 g/mol. The van der Waals surface area contributed by atoms with Crippen LogP contribution in [-0.2, 0) is 34.8 Å². The molecule has 2 atom stereocenters. The number of aromatic nitrogens is 1. The van der Waals surface area contributed by atoms with Crippen molar-refractivity contribution in [1.29, 1.82) is 0 Å². The van der Waals surface area contributed by atoms with Crippen molar-refractivity contribution in [2.24, 2.45) is 0 Å². The smallest absolute Gasteiger partial charge is 0.318 e. The molecule has 0 spiro atoms. The second-order valence-corrected chi connectivity index (χ2v) is 10.9. The van der Waals surface area contributed by atoms with E-state index < -0.39 is 15.2 Å². The highest BCUT2D eigenvalue weighted by Crippen LogP contribution is 2.36. The van der Waals surface area contributed by atoms with Gasteiger partial charge in [-0.15, -0.1) is 0 Å². The summed E-state index contributed by atoms with van der Waals surface area (Å²) in [6.07, 6.45) is 1.68. The Hall–Kier alpha value is -3.03. The molecule has 0 radical (unpaired) electrons. The van der Waals surface area contributed by atoms with Gasteiger partial charge in [0, 0.05) is 50.7 Å². The van der Waals surface area contributed by atoms with Crippen LogP contribution in [-0.4, -0.2) is 26.0 Å². The van der Waals surface area contributed by atoms with Crippen molar-refractivity contribution in [1.82, 2.24) is 15.2 Å².